The third-order valence-electron chi connectivity index (χ3n) is 2.27. The van der Waals surface area contributed by atoms with Gasteiger partial charge in [-0.3, -0.25) is 0 Å². The average Bonchev–Trinajstić information content (AvgIpc) is 2.20. The zero-order valence-electron chi connectivity index (χ0n) is 8.48. The van der Waals surface area contributed by atoms with Crippen LogP contribution in [0.1, 0.15) is 30.4 Å². The van der Waals surface area contributed by atoms with Crippen LogP contribution in [0.5, 0.6) is 0 Å². The van der Waals surface area contributed by atoms with E-state index in [1.807, 2.05) is 0 Å². The Bertz CT molecular complexity index is 417. The van der Waals surface area contributed by atoms with Crippen LogP contribution >= 0.6 is 0 Å². The summed E-state index contributed by atoms with van der Waals surface area (Å²) in [5, 5.41) is 8.70. The van der Waals surface area contributed by atoms with Crippen molar-refractivity contribution in [2.45, 2.75) is 25.4 Å². The van der Waals surface area contributed by atoms with Crippen LogP contribution < -0.4 is 0 Å². The number of hydrogen-bond donors (Lipinski definition) is 0. The molecular weight excluding hydrogens is 222 g/mol. The second kappa shape index (κ2) is 4.52. The fourth-order valence-corrected chi connectivity index (χ4v) is 1.42. The Hall–Kier alpha value is -1.57. The third-order valence-corrected chi connectivity index (χ3v) is 2.27. The molecule has 1 atom stereocenters. The molecule has 5 heteroatoms. The molecule has 0 heterocycles. The normalized spacial score (nSPS) is 13.2. The SMILES string of the molecule is CCC(C#N)c1cccc(C(F)(F)F)c1F. The van der Waals surface area contributed by atoms with Crippen molar-refractivity contribution in [1.82, 2.24) is 0 Å². The molecule has 0 aliphatic heterocycles. The average molecular weight is 231 g/mol. The van der Waals surface area contributed by atoms with Gasteiger partial charge in [-0.1, -0.05) is 19.1 Å². The Morgan fingerprint density at radius 2 is 2.00 bits per heavy atom. The van der Waals surface area contributed by atoms with Crippen molar-refractivity contribution in [3.63, 3.8) is 0 Å². The van der Waals surface area contributed by atoms with Gasteiger partial charge >= 0.3 is 6.18 Å². The Morgan fingerprint density at radius 3 is 2.44 bits per heavy atom. The quantitative estimate of drug-likeness (QED) is 0.709. The highest BCUT2D eigenvalue weighted by atomic mass is 19.4. The Kier molecular flexibility index (Phi) is 3.53. The van der Waals surface area contributed by atoms with Gasteiger partial charge in [0, 0.05) is 5.56 Å². The molecular formula is C11H9F4N. The molecule has 86 valence electrons. The van der Waals surface area contributed by atoms with Crippen molar-refractivity contribution in [3.8, 4) is 6.07 Å². The second-order valence-electron chi connectivity index (χ2n) is 3.30. The van der Waals surface area contributed by atoms with E-state index in [2.05, 4.69) is 0 Å². The lowest BCUT2D eigenvalue weighted by Crippen LogP contribution is -2.11. The Labute approximate surface area is 90.3 Å². The van der Waals surface area contributed by atoms with Crippen LogP contribution in [0.15, 0.2) is 18.2 Å². The first-order chi connectivity index (χ1) is 7.41. The molecule has 0 spiro atoms. The fraction of sp³-hybridized carbons (Fsp3) is 0.364. The van der Waals surface area contributed by atoms with Crippen LogP contribution in [0.2, 0.25) is 0 Å². The van der Waals surface area contributed by atoms with Gasteiger partial charge in [-0.15, -0.1) is 0 Å². The highest BCUT2D eigenvalue weighted by Crippen LogP contribution is 2.34. The number of benzene rings is 1. The molecule has 1 aromatic carbocycles. The Morgan fingerprint density at radius 1 is 1.38 bits per heavy atom. The molecule has 0 bridgehead atoms. The molecule has 0 saturated heterocycles. The zero-order chi connectivity index (χ0) is 12.3. The van der Waals surface area contributed by atoms with Crippen molar-refractivity contribution in [2.75, 3.05) is 0 Å². The summed E-state index contributed by atoms with van der Waals surface area (Å²) in [5.41, 5.74) is -1.52. The predicted octanol–water partition coefficient (Wildman–Crippen LogP) is 3.86. The summed E-state index contributed by atoms with van der Waals surface area (Å²) in [4.78, 5) is 0. The lowest BCUT2D eigenvalue weighted by molar-refractivity contribution is -0.140. The van der Waals surface area contributed by atoms with E-state index in [-0.39, 0.29) is 12.0 Å². The molecule has 1 aromatic rings. The molecule has 0 saturated carbocycles. The van der Waals surface area contributed by atoms with Crippen LogP contribution in [-0.4, -0.2) is 0 Å². The minimum absolute atomic E-state index is 0.195. The smallest absolute Gasteiger partial charge is 0.206 e. The fourth-order valence-electron chi connectivity index (χ4n) is 1.42. The summed E-state index contributed by atoms with van der Waals surface area (Å²) in [6, 6.07) is 4.77. The van der Waals surface area contributed by atoms with Crippen molar-refractivity contribution in [3.05, 3.63) is 35.1 Å². The van der Waals surface area contributed by atoms with E-state index in [1.54, 1.807) is 13.0 Å². The van der Waals surface area contributed by atoms with Crippen LogP contribution in [0.3, 0.4) is 0 Å². The van der Waals surface area contributed by atoms with Gasteiger partial charge in [-0.05, 0) is 12.5 Å². The highest BCUT2D eigenvalue weighted by Gasteiger charge is 2.35. The number of hydrogen-bond acceptors (Lipinski definition) is 1. The van der Waals surface area contributed by atoms with E-state index >= 15 is 0 Å². The monoisotopic (exact) mass is 231 g/mol. The third kappa shape index (κ3) is 2.32. The molecule has 0 amide bonds. The molecule has 0 aliphatic rings. The summed E-state index contributed by atoms with van der Waals surface area (Å²) in [5.74, 6) is -2.19. The summed E-state index contributed by atoms with van der Waals surface area (Å²) in [6.07, 6.45) is -4.46. The van der Waals surface area contributed by atoms with Gasteiger partial charge in [0.2, 0.25) is 0 Å². The predicted molar refractivity (Wildman–Crippen MR) is 50.0 cm³/mol. The van der Waals surface area contributed by atoms with Crippen LogP contribution in [0, 0.1) is 17.1 Å². The molecule has 1 rings (SSSR count). The van der Waals surface area contributed by atoms with Crippen LogP contribution in [0.25, 0.3) is 0 Å². The van der Waals surface area contributed by atoms with Gasteiger partial charge in [0.05, 0.1) is 17.6 Å². The lowest BCUT2D eigenvalue weighted by Gasteiger charge is -2.13. The molecule has 1 unspecified atom stereocenters. The van der Waals surface area contributed by atoms with Gasteiger partial charge in [0.15, 0.2) is 0 Å². The molecule has 0 aliphatic carbocycles. The maximum Gasteiger partial charge on any atom is 0.419 e. The number of halogens is 4. The number of rotatable bonds is 2. The minimum atomic E-state index is -4.73. The highest BCUT2D eigenvalue weighted by molar-refractivity contribution is 5.33. The zero-order valence-corrected chi connectivity index (χ0v) is 8.48. The summed E-state index contributed by atoms with van der Waals surface area (Å²) in [6.45, 7) is 1.62. The van der Waals surface area contributed by atoms with Crippen molar-refractivity contribution in [1.29, 1.82) is 5.26 Å². The van der Waals surface area contributed by atoms with Crippen LogP contribution in [0.4, 0.5) is 17.6 Å². The topological polar surface area (TPSA) is 23.8 Å². The van der Waals surface area contributed by atoms with E-state index in [0.29, 0.717) is 6.07 Å². The molecule has 0 N–H and O–H groups in total. The van der Waals surface area contributed by atoms with E-state index in [9.17, 15) is 17.6 Å². The van der Waals surface area contributed by atoms with Gasteiger partial charge in [0.1, 0.15) is 5.82 Å². The van der Waals surface area contributed by atoms with Crippen molar-refractivity contribution >= 4 is 0 Å². The molecule has 16 heavy (non-hydrogen) atoms. The molecule has 1 nitrogen and oxygen atoms in total. The summed E-state index contributed by atoms with van der Waals surface area (Å²) in [7, 11) is 0. The van der Waals surface area contributed by atoms with Gasteiger partial charge in [-0.25, -0.2) is 4.39 Å². The van der Waals surface area contributed by atoms with Gasteiger partial charge in [-0.2, -0.15) is 18.4 Å². The Balaban J connectivity index is 3.30. The number of nitriles is 1. The first kappa shape index (κ1) is 12.5. The van der Waals surface area contributed by atoms with E-state index in [4.69, 9.17) is 5.26 Å². The molecule has 0 radical (unpaired) electrons. The summed E-state index contributed by atoms with van der Waals surface area (Å²) >= 11 is 0. The molecule has 0 fully saturated rings. The largest absolute Gasteiger partial charge is 0.419 e. The second-order valence-corrected chi connectivity index (χ2v) is 3.30. The maximum atomic E-state index is 13.5. The lowest BCUT2D eigenvalue weighted by atomic mass is 9.95. The maximum absolute atomic E-state index is 13.5. The first-order valence-electron chi connectivity index (χ1n) is 4.67. The van der Waals surface area contributed by atoms with Gasteiger partial charge < -0.3 is 0 Å². The summed E-state index contributed by atoms with van der Waals surface area (Å²) < 4.78 is 50.7. The van der Waals surface area contributed by atoms with Gasteiger partial charge in [0.25, 0.3) is 0 Å². The van der Waals surface area contributed by atoms with Crippen molar-refractivity contribution in [2.24, 2.45) is 0 Å². The first-order valence-corrected chi connectivity index (χ1v) is 4.67. The van der Waals surface area contributed by atoms with E-state index in [0.717, 1.165) is 6.07 Å². The van der Waals surface area contributed by atoms with E-state index in [1.165, 1.54) is 6.07 Å². The number of nitrogens with zero attached hydrogens (tertiary/aromatic N) is 1. The number of alkyl halides is 3. The van der Waals surface area contributed by atoms with E-state index < -0.39 is 23.5 Å². The van der Waals surface area contributed by atoms with Crippen LogP contribution in [-0.2, 0) is 6.18 Å². The standard InChI is InChI=1S/C11H9F4N/c1-2-7(6-16)8-4-3-5-9(10(8)12)11(13,14)15/h3-5,7H,2H2,1H3. The molecule has 0 aromatic heterocycles. The minimum Gasteiger partial charge on any atom is -0.206 e. The van der Waals surface area contributed by atoms with Crippen molar-refractivity contribution < 1.29 is 17.6 Å².